The van der Waals surface area contributed by atoms with Crippen LogP contribution in [0.25, 0.3) is 0 Å². The number of unbranched alkanes of at least 4 members (excludes halogenated alkanes) is 3. The molecule has 0 saturated heterocycles. The Morgan fingerprint density at radius 3 is 2.53 bits per heavy atom. The highest BCUT2D eigenvalue weighted by Gasteiger charge is 2.20. The summed E-state index contributed by atoms with van der Waals surface area (Å²) < 4.78 is 5.49. The van der Waals surface area contributed by atoms with Gasteiger partial charge >= 0.3 is 0 Å². The van der Waals surface area contributed by atoms with Gasteiger partial charge in [-0.15, -0.1) is 0 Å². The molecule has 0 saturated carbocycles. The Bertz CT molecular complexity index is 189. The molecule has 0 spiro atoms. The van der Waals surface area contributed by atoms with Crippen LogP contribution in [0.1, 0.15) is 46.0 Å². The molecule has 0 aliphatic heterocycles. The highest BCUT2D eigenvalue weighted by atomic mass is 16.5. The van der Waals surface area contributed by atoms with Gasteiger partial charge in [-0.05, 0) is 20.4 Å². The maximum Gasteiger partial charge on any atom is 0.105 e. The fourth-order valence-electron chi connectivity index (χ4n) is 1.25. The van der Waals surface area contributed by atoms with Crippen LogP contribution in [-0.2, 0) is 4.74 Å². The van der Waals surface area contributed by atoms with Crippen LogP contribution in [0.15, 0.2) is 0 Å². The third kappa shape index (κ3) is 7.35. The van der Waals surface area contributed by atoms with E-state index in [2.05, 4.69) is 18.3 Å². The van der Waals surface area contributed by atoms with Gasteiger partial charge in [-0.1, -0.05) is 26.2 Å². The molecule has 0 aliphatic carbocycles. The normalized spacial score (nSPS) is 14.5. The molecule has 3 heteroatoms. The molecule has 0 aromatic carbocycles. The van der Waals surface area contributed by atoms with E-state index in [4.69, 9.17) is 10.00 Å². The summed E-state index contributed by atoms with van der Waals surface area (Å²) in [6.45, 7) is 5.59. The number of hydrogen-bond acceptors (Lipinski definition) is 3. The summed E-state index contributed by atoms with van der Waals surface area (Å²) in [4.78, 5) is 0. The van der Waals surface area contributed by atoms with Crippen LogP contribution in [0, 0.1) is 11.3 Å². The summed E-state index contributed by atoms with van der Waals surface area (Å²) in [6, 6.07) is 2.25. The van der Waals surface area contributed by atoms with Gasteiger partial charge in [0.1, 0.15) is 5.54 Å². The Kier molecular flexibility index (Phi) is 8.35. The van der Waals surface area contributed by atoms with E-state index in [-0.39, 0.29) is 0 Å². The number of ether oxygens (including phenoxy) is 1. The fourth-order valence-corrected chi connectivity index (χ4v) is 1.25. The molecule has 0 amide bonds. The molecule has 1 N–H and O–H groups in total. The Labute approximate surface area is 93.8 Å². The zero-order valence-electron chi connectivity index (χ0n) is 10.3. The maximum atomic E-state index is 8.89. The molecule has 0 fully saturated rings. The third-order valence-electron chi connectivity index (χ3n) is 2.69. The number of rotatable bonds is 9. The zero-order chi connectivity index (χ0) is 11.6. The number of nitrogens with one attached hydrogen (secondary N) is 1. The van der Waals surface area contributed by atoms with E-state index in [9.17, 15) is 0 Å². The molecule has 0 aromatic rings. The Morgan fingerprint density at radius 2 is 2.00 bits per heavy atom. The average molecular weight is 212 g/mol. The summed E-state index contributed by atoms with van der Waals surface area (Å²) in [5.41, 5.74) is -0.441. The van der Waals surface area contributed by atoms with Gasteiger partial charge in [0.2, 0.25) is 0 Å². The highest BCUT2D eigenvalue weighted by Crippen LogP contribution is 2.07. The summed E-state index contributed by atoms with van der Waals surface area (Å²) in [6.07, 6.45) is 5.67. The first-order valence-electron chi connectivity index (χ1n) is 5.86. The largest absolute Gasteiger partial charge is 0.381 e. The van der Waals surface area contributed by atoms with Gasteiger partial charge in [0.15, 0.2) is 0 Å². The smallest absolute Gasteiger partial charge is 0.105 e. The Morgan fingerprint density at radius 1 is 1.27 bits per heavy atom. The van der Waals surface area contributed by atoms with E-state index in [0.29, 0.717) is 6.61 Å². The van der Waals surface area contributed by atoms with E-state index < -0.39 is 5.54 Å². The van der Waals surface area contributed by atoms with Crippen LogP contribution in [0.3, 0.4) is 0 Å². The first-order chi connectivity index (χ1) is 7.18. The Balaban J connectivity index is 3.35. The van der Waals surface area contributed by atoms with Crippen LogP contribution in [0.4, 0.5) is 0 Å². The van der Waals surface area contributed by atoms with Gasteiger partial charge in [0.05, 0.1) is 6.07 Å². The van der Waals surface area contributed by atoms with Crippen molar-refractivity contribution in [1.29, 1.82) is 5.26 Å². The molecule has 0 bridgehead atoms. The highest BCUT2D eigenvalue weighted by molar-refractivity contribution is 5.02. The maximum absolute atomic E-state index is 8.89. The molecule has 1 atom stereocenters. The van der Waals surface area contributed by atoms with E-state index in [1.165, 1.54) is 19.3 Å². The van der Waals surface area contributed by atoms with Gasteiger partial charge in [-0.2, -0.15) is 5.26 Å². The van der Waals surface area contributed by atoms with Crippen molar-refractivity contribution in [3.05, 3.63) is 0 Å². The number of nitriles is 1. The van der Waals surface area contributed by atoms with Crippen LogP contribution >= 0.6 is 0 Å². The molecular formula is C12H24N2O. The summed E-state index contributed by atoms with van der Waals surface area (Å²) in [7, 11) is 1.81. The number of hydrogen-bond donors (Lipinski definition) is 1. The molecule has 1 unspecified atom stereocenters. The molecule has 0 aromatic heterocycles. The van der Waals surface area contributed by atoms with Gasteiger partial charge in [0, 0.05) is 19.6 Å². The molecule has 0 rings (SSSR count). The zero-order valence-corrected chi connectivity index (χ0v) is 10.3. The standard InChI is InChI=1S/C12H24N2O/c1-4-5-6-7-9-15-10-8-12(2,11-13)14-3/h14H,4-10H2,1-3H3. The third-order valence-corrected chi connectivity index (χ3v) is 2.69. The van der Waals surface area contributed by atoms with E-state index >= 15 is 0 Å². The lowest BCUT2D eigenvalue weighted by atomic mass is 10.0. The minimum atomic E-state index is -0.441. The predicted octanol–water partition coefficient (Wildman–Crippen LogP) is 2.48. The number of nitrogens with zero attached hydrogens (tertiary/aromatic N) is 1. The molecule has 0 radical (unpaired) electrons. The van der Waals surface area contributed by atoms with Crippen molar-refractivity contribution in [3.63, 3.8) is 0 Å². The molecule has 3 nitrogen and oxygen atoms in total. The second-order valence-electron chi connectivity index (χ2n) is 4.12. The lowest BCUT2D eigenvalue weighted by Crippen LogP contribution is -2.39. The second-order valence-corrected chi connectivity index (χ2v) is 4.12. The SMILES string of the molecule is CCCCCCOCCC(C)(C#N)NC. The monoisotopic (exact) mass is 212 g/mol. The molecule has 0 aliphatic rings. The van der Waals surface area contributed by atoms with Crippen molar-refractivity contribution in [3.8, 4) is 6.07 Å². The fraction of sp³-hybridized carbons (Fsp3) is 0.917. The van der Waals surface area contributed by atoms with Crippen LogP contribution in [0.5, 0.6) is 0 Å². The van der Waals surface area contributed by atoms with E-state index in [0.717, 1.165) is 19.4 Å². The topological polar surface area (TPSA) is 45.0 Å². The quantitative estimate of drug-likeness (QED) is 0.597. The molecule has 15 heavy (non-hydrogen) atoms. The summed E-state index contributed by atoms with van der Waals surface area (Å²) in [5, 5.41) is 11.9. The second kappa shape index (κ2) is 8.70. The van der Waals surface area contributed by atoms with Crippen LogP contribution < -0.4 is 5.32 Å². The van der Waals surface area contributed by atoms with Crippen molar-refractivity contribution >= 4 is 0 Å². The summed E-state index contributed by atoms with van der Waals surface area (Å²) >= 11 is 0. The first-order valence-corrected chi connectivity index (χ1v) is 5.86. The summed E-state index contributed by atoms with van der Waals surface area (Å²) in [5.74, 6) is 0. The molecular weight excluding hydrogens is 188 g/mol. The van der Waals surface area contributed by atoms with Crippen molar-refractivity contribution < 1.29 is 4.74 Å². The first kappa shape index (κ1) is 14.4. The minimum Gasteiger partial charge on any atom is -0.381 e. The Hall–Kier alpha value is -0.590. The predicted molar refractivity (Wildman–Crippen MR) is 62.7 cm³/mol. The lowest BCUT2D eigenvalue weighted by molar-refractivity contribution is 0.115. The van der Waals surface area contributed by atoms with Gasteiger partial charge in [-0.3, -0.25) is 0 Å². The van der Waals surface area contributed by atoms with Gasteiger partial charge in [0.25, 0.3) is 0 Å². The van der Waals surface area contributed by atoms with Crippen molar-refractivity contribution in [1.82, 2.24) is 5.32 Å². The van der Waals surface area contributed by atoms with E-state index in [1.807, 2.05) is 14.0 Å². The molecule has 0 heterocycles. The van der Waals surface area contributed by atoms with Crippen LogP contribution in [-0.4, -0.2) is 25.8 Å². The lowest BCUT2D eigenvalue weighted by Gasteiger charge is -2.20. The van der Waals surface area contributed by atoms with E-state index in [1.54, 1.807) is 0 Å². The van der Waals surface area contributed by atoms with Crippen LogP contribution in [0.2, 0.25) is 0 Å². The van der Waals surface area contributed by atoms with Crippen molar-refractivity contribution in [2.24, 2.45) is 0 Å². The average Bonchev–Trinajstić information content (AvgIpc) is 2.27. The van der Waals surface area contributed by atoms with Gasteiger partial charge < -0.3 is 10.1 Å². The van der Waals surface area contributed by atoms with Crippen molar-refractivity contribution in [2.75, 3.05) is 20.3 Å². The van der Waals surface area contributed by atoms with Crippen molar-refractivity contribution in [2.45, 2.75) is 51.5 Å². The van der Waals surface area contributed by atoms with Gasteiger partial charge in [-0.25, -0.2) is 0 Å². The molecule has 88 valence electrons. The minimum absolute atomic E-state index is 0.441.